The van der Waals surface area contributed by atoms with Gasteiger partial charge in [0.15, 0.2) is 0 Å². The highest BCUT2D eigenvalue weighted by Crippen LogP contribution is 2.32. The summed E-state index contributed by atoms with van der Waals surface area (Å²) in [5, 5.41) is 10.2. The van der Waals surface area contributed by atoms with Crippen molar-refractivity contribution in [1.29, 1.82) is 5.41 Å². The zero-order chi connectivity index (χ0) is 9.42. The molecule has 2 aliphatic rings. The summed E-state index contributed by atoms with van der Waals surface area (Å²) in [6.45, 7) is 2.08. The van der Waals surface area contributed by atoms with Gasteiger partial charge >= 0.3 is 6.03 Å². The molecule has 0 spiro atoms. The molecule has 4 nitrogen and oxygen atoms in total. The number of carbonyl (C=O) groups excluding carboxylic acids is 1. The molecule has 0 bridgehead atoms. The molecule has 4 heteroatoms. The number of carbonyl (C=O) groups is 1. The lowest BCUT2D eigenvalue weighted by Gasteiger charge is -2.21. The van der Waals surface area contributed by atoms with E-state index in [0.717, 1.165) is 25.7 Å². The number of hydrogen-bond acceptors (Lipinski definition) is 2. The molecule has 0 aromatic carbocycles. The van der Waals surface area contributed by atoms with Crippen LogP contribution in [0.5, 0.6) is 0 Å². The van der Waals surface area contributed by atoms with Gasteiger partial charge in [-0.2, -0.15) is 0 Å². The third-order valence-corrected chi connectivity index (χ3v) is 2.65. The Morgan fingerprint density at radius 1 is 1.62 bits per heavy atom. The van der Waals surface area contributed by atoms with Gasteiger partial charge in [-0.05, 0) is 19.3 Å². The van der Waals surface area contributed by atoms with Crippen LogP contribution in [0.3, 0.4) is 0 Å². The molecule has 2 amide bonds. The number of hydrogen-bond donors (Lipinski definition) is 2. The SMILES string of the molecule is CCCC1C(=N)NC(=O)N1C1CC1. The van der Waals surface area contributed by atoms with Gasteiger partial charge in [-0.3, -0.25) is 10.7 Å². The molecule has 13 heavy (non-hydrogen) atoms. The standard InChI is InChI=1S/C9H15N3O/c1-2-3-7-8(10)11-9(13)12(7)6-4-5-6/h6-7H,2-5H2,1H3,(H2,10,11,13). The van der Waals surface area contributed by atoms with Crippen LogP contribution in [0.2, 0.25) is 0 Å². The second kappa shape index (κ2) is 3.01. The fourth-order valence-corrected chi connectivity index (χ4v) is 1.87. The van der Waals surface area contributed by atoms with E-state index in [2.05, 4.69) is 12.2 Å². The highest BCUT2D eigenvalue weighted by molar-refractivity contribution is 6.05. The van der Waals surface area contributed by atoms with Crippen LogP contribution in [0, 0.1) is 5.41 Å². The number of rotatable bonds is 3. The van der Waals surface area contributed by atoms with E-state index in [4.69, 9.17) is 5.41 Å². The quantitative estimate of drug-likeness (QED) is 0.677. The monoisotopic (exact) mass is 181 g/mol. The van der Waals surface area contributed by atoms with Gasteiger partial charge in [-0.25, -0.2) is 4.79 Å². The first-order chi connectivity index (χ1) is 6.24. The van der Waals surface area contributed by atoms with Crippen LogP contribution in [0.1, 0.15) is 32.6 Å². The maximum absolute atomic E-state index is 11.4. The first-order valence-electron chi connectivity index (χ1n) is 4.91. The van der Waals surface area contributed by atoms with Gasteiger partial charge in [-0.15, -0.1) is 0 Å². The average molecular weight is 181 g/mol. The summed E-state index contributed by atoms with van der Waals surface area (Å²) in [7, 11) is 0. The fourth-order valence-electron chi connectivity index (χ4n) is 1.87. The van der Waals surface area contributed by atoms with E-state index in [1.807, 2.05) is 4.90 Å². The lowest BCUT2D eigenvalue weighted by atomic mass is 10.1. The van der Waals surface area contributed by atoms with Crippen molar-refractivity contribution in [3.8, 4) is 0 Å². The third kappa shape index (κ3) is 1.41. The van der Waals surface area contributed by atoms with Crippen molar-refractivity contribution in [3.05, 3.63) is 0 Å². The van der Waals surface area contributed by atoms with Crippen LogP contribution in [0.15, 0.2) is 0 Å². The Bertz CT molecular complexity index is 247. The number of amidine groups is 1. The van der Waals surface area contributed by atoms with Crippen molar-refractivity contribution in [1.82, 2.24) is 10.2 Å². The van der Waals surface area contributed by atoms with E-state index in [9.17, 15) is 4.79 Å². The summed E-state index contributed by atoms with van der Waals surface area (Å²) in [4.78, 5) is 13.3. The lowest BCUT2D eigenvalue weighted by molar-refractivity contribution is 0.200. The summed E-state index contributed by atoms with van der Waals surface area (Å²) in [5.74, 6) is 0.388. The van der Waals surface area contributed by atoms with Gasteiger partial charge in [0, 0.05) is 6.04 Å². The Balaban J connectivity index is 2.10. The molecule has 72 valence electrons. The smallest absolute Gasteiger partial charge is 0.311 e. The molecule has 1 heterocycles. The molecule has 1 atom stereocenters. The predicted molar refractivity (Wildman–Crippen MR) is 49.8 cm³/mol. The first-order valence-corrected chi connectivity index (χ1v) is 4.91. The van der Waals surface area contributed by atoms with Crippen LogP contribution >= 0.6 is 0 Å². The normalized spacial score (nSPS) is 28.1. The van der Waals surface area contributed by atoms with E-state index in [1.165, 1.54) is 0 Å². The highest BCUT2D eigenvalue weighted by Gasteiger charge is 2.43. The van der Waals surface area contributed by atoms with E-state index in [0.29, 0.717) is 11.9 Å². The van der Waals surface area contributed by atoms with Crippen LogP contribution < -0.4 is 5.32 Å². The van der Waals surface area contributed by atoms with E-state index < -0.39 is 0 Å². The molecule has 0 aromatic heterocycles. The zero-order valence-electron chi connectivity index (χ0n) is 7.84. The zero-order valence-corrected chi connectivity index (χ0v) is 7.84. The van der Waals surface area contributed by atoms with Crippen LogP contribution in [-0.2, 0) is 0 Å². The molecule has 0 aromatic rings. The van der Waals surface area contributed by atoms with Gasteiger partial charge in [-0.1, -0.05) is 13.3 Å². The minimum Gasteiger partial charge on any atom is -0.311 e. The predicted octanol–water partition coefficient (Wildman–Crippen LogP) is 1.32. The van der Waals surface area contributed by atoms with Crippen molar-refractivity contribution in [2.24, 2.45) is 0 Å². The molecule has 2 N–H and O–H groups in total. The third-order valence-electron chi connectivity index (χ3n) is 2.65. The van der Waals surface area contributed by atoms with Crippen molar-refractivity contribution in [2.45, 2.75) is 44.7 Å². The summed E-state index contributed by atoms with van der Waals surface area (Å²) in [5.41, 5.74) is 0. The number of nitrogens with one attached hydrogen (secondary N) is 2. The maximum Gasteiger partial charge on any atom is 0.323 e. The lowest BCUT2D eigenvalue weighted by Crippen LogP contribution is -2.36. The van der Waals surface area contributed by atoms with Gasteiger partial charge in [0.1, 0.15) is 5.84 Å². The molecule has 1 aliphatic carbocycles. The van der Waals surface area contributed by atoms with E-state index in [-0.39, 0.29) is 12.1 Å². The van der Waals surface area contributed by atoms with Crippen LogP contribution in [-0.4, -0.2) is 28.9 Å². The highest BCUT2D eigenvalue weighted by atomic mass is 16.2. The Kier molecular flexibility index (Phi) is 1.98. The second-order valence-electron chi connectivity index (χ2n) is 3.79. The molecule has 2 fully saturated rings. The van der Waals surface area contributed by atoms with Crippen LogP contribution in [0.4, 0.5) is 4.79 Å². The minimum absolute atomic E-state index is 0.0324. The van der Waals surface area contributed by atoms with Gasteiger partial charge < -0.3 is 4.90 Å². The largest absolute Gasteiger partial charge is 0.323 e. The molecule has 0 radical (unpaired) electrons. The summed E-state index contributed by atoms with van der Waals surface area (Å²) in [6, 6.07) is 0.385. The summed E-state index contributed by atoms with van der Waals surface area (Å²) in [6.07, 6.45) is 4.15. The molecular weight excluding hydrogens is 166 g/mol. The average Bonchev–Trinajstić information content (AvgIpc) is 2.83. The molecule has 1 aliphatic heterocycles. The van der Waals surface area contributed by atoms with Gasteiger partial charge in [0.25, 0.3) is 0 Å². The molecule has 1 unspecified atom stereocenters. The molecular formula is C9H15N3O. The van der Waals surface area contributed by atoms with Gasteiger partial charge in [0.2, 0.25) is 0 Å². The molecule has 2 rings (SSSR count). The first kappa shape index (κ1) is 8.53. The van der Waals surface area contributed by atoms with Crippen LogP contribution in [0.25, 0.3) is 0 Å². The van der Waals surface area contributed by atoms with E-state index >= 15 is 0 Å². The summed E-state index contributed by atoms with van der Waals surface area (Å²) >= 11 is 0. The number of urea groups is 1. The Morgan fingerprint density at radius 2 is 2.31 bits per heavy atom. The van der Waals surface area contributed by atoms with Crippen molar-refractivity contribution < 1.29 is 4.79 Å². The van der Waals surface area contributed by atoms with E-state index in [1.54, 1.807) is 0 Å². The van der Waals surface area contributed by atoms with Crippen molar-refractivity contribution >= 4 is 11.9 Å². The fraction of sp³-hybridized carbons (Fsp3) is 0.778. The van der Waals surface area contributed by atoms with Crippen molar-refractivity contribution in [3.63, 3.8) is 0 Å². The molecule has 1 saturated carbocycles. The topological polar surface area (TPSA) is 56.2 Å². The Morgan fingerprint density at radius 3 is 2.85 bits per heavy atom. The number of amides is 2. The Labute approximate surface area is 77.8 Å². The Hall–Kier alpha value is -1.06. The second-order valence-corrected chi connectivity index (χ2v) is 3.79. The number of nitrogens with zero attached hydrogens (tertiary/aromatic N) is 1. The minimum atomic E-state index is -0.0639. The van der Waals surface area contributed by atoms with Gasteiger partial charge in [0.05, 0.1) is 6.04 Å². The maximum atomic E-state index is 11.4. The van der Waals surface area contributed by atoms with Crippen molar-refractivity contribution in [2.75, 3.05) is 0 Å². The molecule has 1 saturated heterocycles. The summed E-state index contributed by atoms with van der Waals surface area (Å²) < 4.78 is 0.